The Balaban J connectivity index is 2.78. The molecule has 90 valence electrons. The van der Waals surface area contributed by atoms with Crippen LogP contribution in [0.5, 0.6) is 0 Å². The van der Waals surface area contributed by atoms with E-state index in [4.69, 9.17) is 10.5 Å². The largest absolute Gasteiger partial charge is 0.360 e. The summed E-state index contributed by atoms with van der Waals surface area (Å²) in [5.74, 6) is -0.0718. The molecule has 0 heterocycles. The first-order valence-corrected chi connectivity index (χ1v) is 5.36. The molecule has 0 aromatic heterocycles. The molecule has 5 heteroatoms. The number of benzene rings is 1. The molecule has 1 rings (SSSR count). The van der Waals surface area contributed by atoms with E-state index < -0.39 is 0 Å². The van der Waals surface area contributed by atoms with Crippen LogP contribution in [0.15, 0.2) is 36.0 Å². The third-order valence-corrected chi connectivity index (χ3v) is 2.09. The van der Waals surface area contributed by atoms with E-state index >= 15 is 0 Å². The molecule has 0 aliphatic heterocycles. The number of nitrogens with one attached hydrogen (secondary N) is 2. The summed E-state index contributed by atoms with van der Waals surface area (Å²) in [6, 6.07) is 10.5. The molecule has 0 aliphatic rings. The van der Waals surface area contributed by atoms with Crippen LogP contribution in [-0.2, 0) is 4.79 Å². The van der Waals surface area contributed by atoms with Crippen molar-refractivity contribution in [1.82, 2.24) is 0 Å². The number of hydrogen-bond acceptors (Lipinski definition) is 4. The molecule has 0 saturated carbocycles. The van der Waals surface area contributed by atoms with Crippen molar-refractivity contribution in [2.45, 2.75) is 13.3 Å². The van der Waals surface area contributed by atoms with Gasteiger partial charge in [-0.2, -0.15) is 10.5 Å². The van der Waals surface area contributed by atoms with Gasteiger partial charge in [0, 0.05) is 24.0 Å². The van der Waals surface area contributed by atoms with Gasteiger partial charge in [-0.05, 0) is 18.2 Å². The van der Waals surface area contributed by atoms with E-state index in [0.717, 1.165) is 0 Å². The van der Waals surface area contributed by atoms with Crippen molar-refractivity contribution in [3.05, 3.63) is 36.0 Å². The fourth-order valence-electron chi connectivity index (χ4n) is 1.18. The highest BCUT2D eigenvalue weighted by molar-refractivity contribution is 5.90. The second-order valence-electron chi connectivity index (χ2n) is 3.41. The predicted molar refractivity (Wildman–Crippen MR) is 68.3 cm³/mol. The fraction of sp³-hybridized carbons (Fsp3) is 0.154. The van der Waals surface area contributed by atoms with Crippen molar-refractivity contribution in [2.24, 2.45) is 0 Å². The minimum Gasteiger partial charge on any atom is -0.360 e. The number of anilines is 2. The minimum atomic E-state index is -0.0718. The van der Waals surface area contributed by atoms with Crippen molar-refractivity contribution in [3.8, 4) is 12.1 Å². The highest BCUT2D eigenvalue weighted by Crippen LogP contribution is 2.15. The van der Waals surface area contributed by atoms with E-state index in [-0.39, 0.29) is 11.5 Å². The molecule has 18 heavy (non-hydrogen) atoms. The maximum absolute atomic E-state index is 11.2. The lowest BCUT2D eigenvalue weighted by molar-refractivity contribution is -0.115. The summed E-state index contributed by atoms with van der Waals surface area (Å²) < 4.78 is 0. The molecular weight excluding hydrogens is 228 g/mol. The second kappa shape index (κ2) is 6.72. The minimum absolute atomic E-state index is 0.0157. The van der Waals surface area contributed by atoms with Gasteiger partial charge in [0.2, 0.25) is 5.91 Å². The molecule has 0 saturated heterocycles. The summed E-state index contributed by atoms with van der Waals surface area (Å²) in [7, 11) is 0. The van der Waals surface area contributed by atoms with Crippen molar-refractivity contribution >= 4 is 17.3 Å². The van der Waals surface area contributed by atoms with Crippen LogP contribution in [0.4, 0.5) is 11.4 Å². The van der Waals surface area contributed by atoms with Crippen LogP contribution in [0.1, 0.15) is 13.3 Å². The zero-order valence-corrected chi connectivity index (χ0v) is 9.90. The van der Waals surface area contributed by atoms with Gasteiger partial charge in [-0.25, -0.2) is 0 Å². The lowest BCUT2D eigenvalue weighted by Crippen LogP contribution is -2.09. The smallest absolute Gasteiger partial charge is 0.224 e. The van der Waals surface area contributed by atoms with E-state index in [0.29, 0.717) is 17.8 Å². The zero-order chi connectivity index (χ0) is 13.4. The Kier molecular flexibility index (Phi) is 4.96. The predicted octanol–water partition coefficient (Wildman–Crippen LogP) is 2.38. The van der Waals surface area contributed by atoms with E-state index in [1.54, 1.807) is 43.3 Å². The maximum atomic E-state index is 11.2. The summed E-state index contributed by atoms with van der Waals surface area (Å²) >= 11 is 0. The average molecular weight is 240 g/mol. The van der Waals surface area contributed by atoms with Crippen LogP contribution >= 0.6 is 0 Å². The van der Waals surface area contributed by atoms with Gasteiger partial charge in [0.05, 0.1) is 0 Å². The Hall–Kier alpha value is -2.79. The maximum Gasteiger partial charge on any atom is 0.224 e. The first-order valence-electron chi connectivity index (χ1n) is 5.36. The van der Waals surface area contributed by atoms with Crippen LogP contribution in [-0.4, -0.2) is 5.91 Å². The van der Waals surface area contributed by atoms with Crippen LogP contribution < -0.4 is 10.6 Å². The summed E-state index contributed by atoms with van der Waals surface area (Å²) in [4.78, 5) is 11.2. The first kappa shape index (κ1) is 13.3. The molecular formula is C13H12N4O. The third kappa shape index (κ3) is 3.99. The zero-order valence-electron chi connectivity index (χ0n) is 9.90. The molecule has 0 bridgehead atoms. The molecule has 0 atom stereocenters. The summed E-state index contributed by atoms with van der Waals surface area (Å²) in [5.41, 5.74) is 1.33. The van der Waals surface area contributed by atoms with E-state index in [2.05, 4.69) is 10.6 Å². The van der Waals surface area contributed by atoms with Crippen molar-refractivity contribution in [2.75, 3.05) is 10.6 Å². The van der Waals surface area contributed by atoms with Crippen LogP contribution in [0.25, 0.3) is 0 Å². The molecule has 0 aliphatic carbocycles. The van der Waals surface area contributed by atoms with E-state index in [1.807, 2.05) is 0 Å². The Morgan fingerprint density at radius 2 is 2.00 bits per heavy atom. The van der Waals surface area contributed by atoms with Gasteiger partial charge in [0.25, 0.3) is 0 Å². The molecule has 0 fully saturated rings. The van der Waals surface area contributed by atoms with Crippen LogP contribution in [0, 0.1) is 22.7 Å². The first-order chi connectivity index (χ1) is 8.69. The molecule has 0 spiro atoms. The number of carbonyl (C=O) groups is 1. The Morgan fingerprint density at radius 1 is 1.33 bits per heavy atom. The van der Waals surface area contributed by atoms with Gasteiger partial charge >= 0.3 is 0 Å². The van der Waals surface area contributed by atoms with Crippen molar-refractivity contribution in [1.29, 1.82) is 10.5 Å². The Bertz CT molecular complexity index is 533. The summed E-state index contributed by atoms with van der Waals surface area (Å²) in [6.45, 7) is 1.77. The van der Waals surface area contributed by atoms with Gasteiger partial charge < -0.3 is 10.6 Å². The van der Waals surface area contributed by atoms with Crippen molar-refractivity contribution in [3.63, 3.8) is 0 Å². The third-order valence-electron chi connectivity index (χ3n) is 2.09. The molecule has 1 aromatic carbocycles. The molecule has 5 nitrogen and oxygen atoms in total. The average Bonchev–Trinajstić information content (AvgIpc) is 2.40. The lowest BCUT2D eigenvalue weighted by atomic mass is 10.2. The van der Waals surface area contributed by atoms with Gasteiger partial charge in [0.1, 0.15) is 17.7 Å². The topological polar surface area (TPSA) is 88.7 Å². The fourth-order valence-corrected chi connectivity index (χ4v) is 1.18. The summed E-state index contributed by atoms with van der Waals surface area (Å²) in [6.07, 6.45) is 1.73. The number of amides is 1. The van der Waals surface area contributed by atoms with Crippen LogP contribution in [0.3, 0.4) is 0 Å². The molecule has 0 unspecified atom stereocenters. The second-order valence-corrected chi connectivity index (χ2v) is 3.41. The van der Waals surface area contributed by atoms with E-state index in [9.17, 15) is 4.79 Å². The Morgan fingerprint density at radius 3 is 2.61 bits per heavy atom. The summed E-state index contributed by atoms with van der Waals surface area (Å²) in [5, 5.41) is 22.7. The molecule has 1 aromatic rings. The number of rotatable bonds is 4. The monoisotopic (exact) mass is 240 g/mol. The number of carbonyl (C=O) groups excluding carboxylic acids is 1. The van der Waals surface area contributed by atoms with Gasteiger partial charge in [-0.15, -0.1) is 0 Å². The molecule has 0 radical (unpaired) electrons. The standard InChI is InChI=1S/C13H12N4O/c1-2-13(18)17-12-5-3-4-11(6-12)16-9-10(7-14)8-15/h3-6,9,16H,2H2,1H3,(H,17,18). The molecule has 2 N–H and O–H groups in total. The van der Waals surface area contributed by atoms with Gasteiger partial charge in [0.15, 0.2) is 0 Å². The lowest BCUT2D eigenvalue weighted by Gasteiger charge is -2.06. The number of nitrogens with zero attached hydrogens (tertiary/aromatic N) is 2. The number of allylic oxidation sites excluding steroid dienone is 1. The van der Waals surface area contributed by atoms with Gasteiger partial charge in [-0.1, -0.05) is 13.0 Å². The highest BCUT2D eigenvalue weighted by atomic mass is 16.1. The highest BCUT2D eigenvalue weighted by Gasteiger charge is 1.99. The Labute approximate surface area is 105 Å². The van der Waals surface area contributed by atoms with E-state index in [1.165, 1.54) is 6.20 Å². The molecule has 1 amide bonds. The number of hydrogen-bond donors (Lipinski definition) is 2. The normalized spacial score (nSPS) is 8.61. The van der Waals surface area contributed by atoms with Crippen molar-refractivity contribution < 1.29 is 4.79 Å². The SMILES string of the molecule is CCC(=O)Nc1cccc(NC=C(C#N)C#N)c1. The van der Waals surface area contributed by atoms with Crippen LogP contribution in [0.2, 0.25) is 0 Å². The van der Waals surface area contributed by atoms with Gasteiger partial charge in [-0.3, -0.25) is 4.79 Å². The quantitative estimate of drug-likeness (QED) is 0.791. The number of nitriles is 2.